The Kier molecular flexibility index (Phi) is 17.2. The third kappa shape index (κ3) is 12.9. The van der Waals surface area contributed by atoms with E-state index in [9.17, 15) is 19.2 Å². The first-order chi connectivity index (χ1) is 30.0. The minimum Gasteiger partial charge on any atom is -0.444 e. The van der Waals surface area contributed by atoms with Crippen molar-refractivity contribution in [1.82, 2.24) is 39.3 Å². The summed E-state index contributed by atoms with van der Waals surface area (Å²) in [6.45, 7) is 14.8. The summed E-state index contributed by atoms with van der Waals surface area (Å²) in [5.74, 6) is -3.08. The molecule has 1 aliphatic rings. The largest absolute Gasteiger partial charge is 0.444 e. The molecule has 1 saturated heterocycles. The normalized spacial score (nSPS) is 13.1. The molecule has 1 aliphatic heterocycles. The van der Waals surface area contributed by atoms with Crippen LogP contribution in [0.4, 0.5) is 19.3 Å². The van der Waals surface area contributed by atoms with Crippen molar-refractivity contribution in [2.75, 3.05) is 71.4 Å². The lowest BCUT2D eigenvalue weighted by Crippen LogP contribution is -2.50. The summed E-state index contributed by atoms with van der Waals surface area (Å²) >= 11 is 6.58. The molecule has 2 aromatic heterocycles. The summed E-state index contributed by atoms with van der Waals surface area (Å²) in [7, 11) is 3.09. The van der Waals surface area contributed by atoms with Crippen molar-refractivity contribution < 1.29 is 37.4 Å². The van der Waals surface area contributed by atoms with E-state index in [1.165, 1.54) is 48.3 Å². The number of unbranched alkanes of at least 4 members (excludes halogenated alkanes) is 1. The second-order valence-electron chi connectivity index (χ2n) is 16.6. The molecule has 4 aromatic rings. The number of hydrogen-bond donors (Lipinski definition) is 2. The minimum absolute atomic E-state index is 0.0471. The van der Waals surface area contributed by atoms with Crippen LogP contribution in [0.25, 0.3) is 22.4 Å². The number of amides is 4. The zero-order chi connectivity index (χ0) is 45.8. The van der Waals surface area contributed by atoms with Crippen LogP contribution < -0.4 is 10.6 Å². The summed E-state index contributed by atoms with van der Waals surface area (Å²) in [4.78, 5) is 61.9. The van der Waals surface area contributed by atoms with Crippen LogP contribution in [-0.4, -0.2) is 130 Å². The Hall–Kier alpha value is -5.39. The maximum Gasteiger partial charge on any atom is 0.407 e. The number of anilines is 1. The Morgan fingerprint density at radius 1 is 0.905 bits per heavy atom. The van der Waals surface area contributed by atoms with E-state index in [4.69, 9.17) is 21.1 Å². The highest BCUT2D eigenvalue weighted by molar-refractivity contribution is 6.34. The number of benzene rings is 2. The third-order valence-electron chi connectivity index (χ3n) is 10.8. The Balaban J connectivity index is 1.10. The lowest BCUT2D eigenvalue weighted by molar-refractivity contribution is -0.132. The highest BCUT2D eigenvalue weighted by atomic mass is 35.5. The molecule has 0 spiro atoms. The number of ether oxygens (including phenoxy) is 2. The van der Waals surface area contributed by atoms with Gasteiger partial charge in [-0.1, -0.05) is 31.0 Å². The van der Waals surface area contributed by atoms with E-state index in [2.05, 4.69) is 32.5 Å². The Bertz CT molecular complexity index is 2230. The highest BCUT2D eigenvalue weighted by Crippen LogP contribution is 2.33. The SMILES string of the molecule is CCCCN(CCCNC(=O)OC(C)(C)C)CCCC(=O)N1CCN(C(=O)c2ccc(NC(=O)c3ncc(-c4ccc(-c5cnn(CCOC)c5C)c(F)c4F)n3C)cc2Cl)CC1. The molecule has 1 fully saturated rings. The van der Waals surface area contributed by atoms with Gasteiger partial charge in [0, 0.05) is 81.4 Å². The van der Waals surface area contributed by atoms with Gasteiger partial charge >= 0.3 is 6.09 Å². The fraction of sp³-hybridized carbons (Fsp3) is 0.511. The van der Waals surface area contributed by atoms with Crippen LogP contribution in [-0.2, 0) is 27.9 Å². The van der Waals surface area contributed by atoms with Crippen molar-refractivity contribution in [3.63, 3.8) is 0 Å². The number of nitrogens with one attached hydrogen (secondary N) is 2. The van der Waals surface area contributed by atoms with E-state index >= 15 is 8.78 Å². The molecule has 0 unspecified atom stereocenters. The summed E-state index contributed by atoms with van der Waals surface area (Å²) in [6, 6.07) is 7.46. The van der Waals surface area contributed by atoms with Crippen LogP contribution in [0, 0.1) is 18.6 Å². The number of methoxy groups -OCH3 is 1. The van der Waals surface area contributed by atoms with Gasteiger partial charge in [-0.15, -0.1) is 0 Å². The van der Waals surface area contributed by atoms with E-state index in [1.54, 1.807) is 34.6 Å². The second-order valence-corrected chi connectivity index (χ2v) is 17.0. The monoisotopic (exact) mass is 895 g/mol. The third-order valence-corrected chi connectivity index (χ3v) is 11.2. The van der Waals surface area contributed by atoms with E-state index < -0.39 is 29.2 Å². The first-order valence-electron chi connectivity index (χ1n) is 21.4. The van der Waals surface area contributed by atoms with E-state index in [1.807, 2.05) is 20.8 Å². The van der Waals surface area contributed by atoms with Gasteiger partial charge in [-0.2, -0.15) is 5.10 Å². The summed E-state index contributed by atoms with van der Waals surface area (Å²) in [5.41, 5.74) is 1.29. The molecule has 0 atom stereocenters. The van der Waals surface area contributed by atoms with Crippen molar-refractivity contribution >= 4 is 41.1 Å². The average Bonchev–Trinajstić information content (AvgIpc) is 3.81. The first-order valence-corrected chi connectivity index (χ1v) is 21.8. The van der Waals surface area contributed by atoms with Crippen molar-refractivity contribution in [2.24, 2.45) is 7.05 Å². The summed E-state index contributed by atoms with van der Waals surface area (Å²) in [6.07, 6.45) is 6.35. The van der Waals surface area contributed by atoms with Gasteiger partial charge in [-0.3, -0.25) is 19.1 Å². The van der Waals surface area contributed by atoms with E-state index in [0.29, 0.717) is 75.7 Å². The van der Waals surface area contributed by atoms with Gasteiger partial charge in [0.05, 0.1) is 41.8 Å². The number of rotatable bonds is 19. The molecule has 3 heterocycles. The molecular formula is C45H60ClF2N9O6. The number of carbonyl (C=O) groups is 4. The van der Waals surface area contributed by atoms with Crippen molar-refractivity contribution in [2.45, 2.75) is 78.9 Å². The molecule has 342 valence electrons. The number of carbonyl (C=O) groups excluding carboxylic acids is 4. The topological polar surface area (TPSA) is 156 Å². The highest BCUT2D eigenvalue weighted by Gasteiger charge is 2.27. The Labute approximate surface area is 373 Å². The zero-order valence-electron chi connectivity index (χ0n) is 37.4. The standard InChI is InChI=1S/C45H60ClF2N9O6/c1-8-9-18-54(20-11-17-49-44(61)63-45(3,4)5)19-10-12-38(58)55-21-23-56(24-22-55)43(60)33-14-13-31(27-36(33)46)52-42(59)41-50-29-37(53(41)6)34-16-15-32(39(47)40(34)48)35-28-51-57(30(35)2)25-26-62-7/h13-16,27-29H,8-12,17-26H2,1-7H3,(H,49,61)(H,52,59). The number of imidazole rings is 1. The predicted octanol–water partition coefficient (Wildman–Crippen LogP) is 7.17. The van der Waals surface area contributed by atoms with Gasteiger partial charge in [0.2, 0.25) is 5.91 Å². The number of halogens is 3. The van der Waals surface area contributed by atoms with Gasteiger partial charge in [0.25, 0.3) is 11.8 Å². The average molecular weight is 896 g/mol. The molecule has 5 rings (SSSR count). The van der Waals surface area contributed by atoms with Crippen LogP contribution >= 0.6 is 11.6 Å². The minimum atomic E-state index is -1.09. The number of aromatic nitrogens is 4. The lowest BCUT2D eigenvalue weighted by atomic mass is 10.0. The molecule has 18 heteroatoms. The zero-order valence-corrected chi connectivity index (χ0v) is 38.1. The van der Waals surface area contributed by atoms with Gasteiger partial charge in [0.1, 0.15) is 5.60 Å². The number of hydrogen-bond acceptors (Lipinski definition) is 9. The maximum absolute atomic E-state index is 15.6. The second kappa shape index (κ2) is 22.3. The Morgan fingerprint density at radius 2 is 1.57 bits per heavy atom. The molecule has 0 bridgehead atoms. The molecule has 0 aliphatic carbocycles. The molecule has 0 saturated carbocycles. The van der Waals surface area contributed by atoms with Crippen LogP contribution in [0.3, 0.4) is 0 Å². The lowest BCUT2D eigenvalue weighted by Gasteiger charge is -2.35. The quantitative estimate of drug-likeness (QED) is 0.0933. The predicted molar refractivity (Wildman–Crippen MR) is 238 cm³/mol. The summed E-state index contributed by atoms with van der Waals surface area (Å²) < 4.78 is 44.5. The van der Waals surface area contributed by atoms with Crippen LogP contribution in [0.15, 0.2) is 42.7 Å². The molecule has 2 aromatic carbocycles. The van der Waals surface area contributed by atoms with Gasteiger partial charge in [-0.25, -0.2) is 18.6 Å². The number of piperazine rings is 1. The molecule has 0 radical (unpaired) electrons. The fourth-order valence-electron chi connectivity index (χ4n) is 7.36. The first kappa shape index (κ1) is 48.6. The number of nitrogens with zero attached hydrogens (tertiary/aromatic N) is 7. The van der Waals surface area contributed by atoms with Crippen molar-refractivity contribution in [1.29, 1.82) is 0 Å². The molecule has 2 N–H and O–H groups in total. The maximum atomic E-state index is 15.6. The number of alkyl carbamates (subject to hydrolysis) is 1. The van der Waals surface area contributed by atoms with Crippen LogP contribution in [0.5, 0.6) is 0 Å². The van der Waals surface area contributed by atoms with E-state index in [-0.39, 0.29) is 45.0 Å². The molecule has 4 amide bonds. The van der Waals surface area contributed by atoms with Crippen LogP contribution in [0.2, 0.25) is 5.02 Å². The molecule has 15 nitrogen and oxygen atoms in total. The van der Waals surface area contributed by atoms with Gasteiger partial charge in [0.15, 0.2) is 17.5 Å². The van der Waals surface area contributed by atoms with Crippen molar-refractivity contribution in [3.05, 3.63) is 76.5 Å². The molecular weight excluding hydrogens is 836 g/mol. The fourth-order valence-corrected chi connectivity index (χ4v) is 7.62. The smallest absolute Gasteiger partial charge is 0.407 e. The van der Waals surface area contributed by atoms with Crippen molar-refractivity contribution in [3.8, 4) is 22.4 Å². The van der Waals surface area contributed by atoms with Gasteiger partial charge < -0.3 is 39.4 Å². The van der Waals surface area contributed by atoms with Gasteiger partial charge in [-0.05, 0) is 90.9 Å². The summed E-state index contributed by atoms with van der Waals surface area (Å²) in [5, 5.41) is 9.92. The van der Waals surface area contributed by atoms with E-state index in [0.717, 1.165) is 38.9 Å². The molecule has 63 heavy (non-hydrogen) atoms. The van der Waals surface area contributed by atoms with Crippen LogP contribution in [0.1, 0.15) is 86.5 Å². The Morgan fingerprint density at radius 3 is 2.25 bits per heavy atom.